The Bertz CT molecular complexity index is 664. The fourth-order valence-corrected chi connectivity index (χ4v) is 3.18. The molecule has 1 aliphatic heterocycles. The van der Waals surface area contributed by atoms with Crippen LogP contribution in [0.1, 0.15) is 15.9 Å². The maximum absolute atomic E-state index is 12.9. The molecule has 2 aromatic carbocycles. The van der Waals surface area contributed by atoms with Crippen molar-refractivity contribution in [2.45, 2.75) is 6.42 Å². The molecule has 0 aromatic heterocycles. The number of para-hydroxylation sites is 1. The van der Waals surface area contributed by atoms with Crippen molar-refractivity contribution < 1.29 is 4.79 Å². The van der Waals surface area contributed by atoms with Gasteiger partial charge in [0.25, 0.3) is 5.91 Å². The van der Waals surface area contributed by atoms with Gasteiger partial charge in [-0.15, -0.1) is 0 Å². The van der Waals surface area contributed by atoms with Gasteiger partial charge in [-0.1, -0.05) is 36.4 Å². The van der Waals surface area contributed by atoms with Crippen LogP contribution in [0.5, 0.6) is 0 Å². The van der Waals surface area contributed by atoms with Crippen LogP contribution in [-0.4, -0.2) is 50.6 Å². The number of hydrogen-bond donors (Lipinski definition) is 1. The van der Waals surface area contributed by atoms with Gasteiger partial charge in [-0.2, -0.15) is 0 Å². The van der Waals surface area contributed by atoms with Gasteiger partial charge in [-0.25, -0.2) is 0 Å². The van der Waals surface area contributed by atoms with E-state index in [4.69, 9.17) is 0 Å². The number of anilines is 1. The zero-order chi connectivity index (χ0) is 16.8. The second kappa shape index (κ2) is 7.97. The fourth-order valence-electron chi connectivity index (χ4n) is 3.18. The Morgan fingerprint density at radius 1 is 0.958 bits per heavy atom. The lowest BCUT2D eigenvalue weighted by Gasteiger charge is -2.36. The molecule has 4 heteroatoms. The predicted octanol–water partition coefficient (Wildman–Crippen LogP) is 2.41. The summed E-state index contributed by atoms with van der Waals surface area (Å²) in [6.07, 6.45) is 0.877. The molecule has 126 valence electrons. The highest BCUT2D eigenvalue weighted by molar-refractivity contribution is 5.95. The summed E-state index contributed by atoms with van der Waals surface area (Å²) in [4.78, 5) is 17.2. The fraction of sp³-hybridized carbons (Fsp3) is 0.350. The van der Waals surface area contributed by atoms with Crippen molar-refractivity contribution in [3.63, 3.8) is 0 Å². The van der Waals surface area contributed by atoms with Crippen LogP contribution in [0.2, 0.25) is 0 Å². The van der Waals surface area contributed by atoms with Gasteiger partial charge in [0.1, 0.15) is 0 Å². The molecule has 1 N–H and O–H groups in total. The van der Waals surface area contributed by atoms with E-state index in [2.05, 4.69) is 40.5 Å². The van der Waals surface area contributed by atoms with Gasteiger partial charge in [0.2, 0.25) is 0 Å². The molecule has 1 fully saturated rings. The lowest BCUT2D eigenvalue weighted by Crippen LogP contribution is -2.49. The lowest BCUT2D eigenvalue weighted by molar-refractivity contribution is 0.0745. The van der Waals surface area contributed by atoms with Gasteiger partial charge in [-0.05, 0) is 43.8 Å². The van der Waals surface area contributed by atoms with E-state index in [-0.39, 0.29) is 5.91 Å². The van der Waals surface area contributed by atoms with Crippen molar-refractivity contribution in [1.82, 2.24) is 10.2 Å². The van der Waals surface area contributed by atoms with Crippen LogP contribution in [0.25, 0.3) is 0 Å². The standard InChI is InChI=1S/C20H25N3O/c1-21-12-11-17-7-5-6-10-19(17)20(24)23-15-13-22(14-16-23)18-8-3-2-4-9-18/h2-10,21H,11-16H2,1H3. The van der Waals surface area contributed by atoms with Gasteiger partial charge in [0, 0.05) is 37.4 Å². The van der Waals surface area contributed by atoms with Crippen molar-refractivity contribution in [1.29, 1.82) is 0 Å². The topological polar surface area (TPSA) is 35.6 Å². The third-order valence-electron chi connectivity index (χ3n) is 4.58. The molecule has 1 saturated heterocycles. The molecule has 2 aromatic rings. The number of likely N-dealkylation sites (N-methyl/N-ethyl adjacent to an activating group) is 1. The SMILES string of the molecule is CNCCc1ccccc1C(=O)N1CCN(c2ccccc2)CC1. The number of nitrogens with one attached hydrogen (secondary N) is 1. The van der Waals surface area contributed by atoms with E-state index in [0.29, 0.717) is 0 Å². The van der Waals surface area contributed by atoms with E-state index < -0.39 is 0 Å². The van der Waals surface area contributed by atoms with Crippen LogP contribution in [-0.2, 0) is 6.42 Å². The molecule has 1 heterocycles. The molecule has 0 bridgehead atoms. The molecule has 3 rings (SSSR count). The summed E-state index contributed by atoms with van der Waals surface area (Å²) in [5, 5.41) is 3.15. The number of amides is 1. The van der Waals surface area contributed by atoms with Crippen LogP contribution in [0.15, 0.2) is 54.6 Å². The number of nitrogens with zero attached hydrogens (tertiary/aromatic N) is 2. The Labute approximate surface area is 144 Å². The molecule has 1 amide bonds. The predicted molar refractivity (Wildman–Crippen MR) is 98.6 cm³/mol. The minimum absolute atomic E-state index is 0.161. The quantitative estimate of drug-likeness (QED) is 0.918. The zero-order valence-electron chi connectivity index (χ0n) is 14.2. The smallest absolute Gasteiger partial charge is 0.254 e. The van der Waals surface area contributed by atoms with Gasteiger partial charge < -0.3 is 15.1 Å². The van der Waals surface area contributed by atoms with Crippen molar-refractivity contribution in [2.24, 2.45) is 0 Å². The largest absolute Gasteiger partial charge is 0.368 e. The van der Waals surface area contributed by atoms with Crippen LogP contribution in [0.4, 0.5) is 5.69 Å². The molecule has 0 spiro atoms. The molecule has 0 aliphatic carbocycles. The first kappa shape index (κ1) is 16.5. The molecule has 0 saturated carbocycles. The van der Waals surface area contributed by atoms with Gasteiger partial charge in [-0.3, -0.25) is 4.79 Å². The van der Waals surface area contributed by atoms with Crippen molar-refractivity contribution in [3.8, 4) is 0 Å². The van der Waals surface area contributed by atoms with E-state index in [1.54, 1.807) is 0 Å². The van der Waals surface area contributed by atoms with Gasteiger partial charge >= 0.3 is 0 Å². The number of piperazine rings is 1. The summed E-state index contributed by atoms with van der Waals surface area (Å²) >= 11 is 0. The molecular weight excluding hydrogens is 298 g/mol. The summed E-state index contributed by atoms with van der Waals surface area (Å²) in [7, 11) is 1.94. The molecule has 0 unspecified atom stereocenters. The van der Waals surface area contributed by atoms with E-state index in [1.807, 2.05) is 36.2 Å². The number of hydrogen-bond acceptors (Lipinski definition) is 3. The Hall–Kier alpha value is -2.33. The summed E-state index contributed by atoms with van der Waals surface area (Å²) < 4.78 is 0. The first-order valence-electron chi connectivity index (χ1n) is 8.61. The van der Waals surface area contributed by atoms with Crippen LogP contribution >= 0.6 is 0 Å². The number of benzene rings is 2. The molecule has 0 atom stereocenters. The third kappa shape index (κ3) is 3.77. The Kier molecular flexibility index (Phi) is 5.49. The number of carbonyl (C=O) groups excluding carboxylic acids is 1. The van der Waals surface area contributed by atoms with Crippen LogP contribution < -0.4 is 10.2 Å². The van der Waals surface area contributed by atoms with E-state index in [9.17, 15) is 4.79 Å². The monoisotopic (exact) mass is 323 g/mol. The minimum Gasteiger partial charge on any atom is -0.368 e. The van der Waals surface area contributed by atoms with Crippen molar-refractivity contribution >= 4 is 11.6 Å². The van der Waals surface area contributed by atoms with E-state index >= 15 is 0 Å². The van der Waals surface area contributed by atoms with Gasteiger partial charge in [0.15, 0.2) is 0 Å². The molecule has 4 nitrogen and oxygen atoms in total. The van der Waals surface area contributed by atoms with Gasteiger partial charge in [0.05, 0.1) is 0 Å². The third-order valence-corrected chi connectivity index (χ3v) is 4.58. The second-order valence-electron chi connectivity index (χ2n) is 6.13. The maximum Gasteiger partial charge on any atom is 0.254 e. The lowest BCUT2D eigenvalue weighted by atomic mass is 10.0. The summed E-state index contributed by atoms with van der Waals surface area (Å²) in [5.41, 5.74) is 3.21. The number of rotatable bonds is 5. The molecule has 24 heavy (non-hydrogen) atoms. The average Bonchev–Trinajstić information content (AvgIpc) is 2.67. The Balaban J connectivity index is 1.65. The Morgan fingerprint density at radius 3 is 2.33 bits per heavy atom. The average molecular weight is 323 g/mol. The highest BCUT2D eigenvalue weighted by Crippen LogP contribution is 2.18. The van der Waals surface area contributed by atoms with Crippen LogP contribution in [0, 0.1) is 0 Å². The highest BCUT2D eigenvalue weighted by Gasteiger charge is 2.23. The van der Waals surface area contributed by atoms with E-state index in [1.165, 1.54) is 5.69 Å². The normalized spacial score (nSPS) is 14.7. The summed E-state index contributed by atoms with van der Waals surface area (Å²) in [5.74, 6) is 0.161. The Morgan fingerprint density at radius 2 is 1.62 bits per heavy atom. The second-order valence-corrected chi connectivity index (χ2v) is 6.13. The first-order valence-corrected chi connectivity index (χ1v) is 8.61. The molecular formula is C20H25N3O. The number of carbonyl (C=O) groups is 1. The zero-order valence-corrected chi connectivity index (χ0v) is 14.2. The van der Waals surface area contributed by atoms with E-state index in [0.717, 1.165) is 50.3 Å². The summed E-state index contributed by atoms with van der Waals surface area (Å²) in [6, 6.07) is 18.4. The minimum atomic E-state index is 0.161. The van der Waals surface area contributed by atoms with Crippen LogP contribution in [0.3, 0.4) is 0 Å². The summed E-state index contributed by atoms with van der Waals surface area (Å²) in [6.45, 7) is 4.19. The molecule has 0 radical (unpaired) electrons. The highest BCUT2D eigenvalue weighted by atomic mass is 16.2. The van der Waals surface area contributed by atoms with Crippen molar-refractivity contribution in [3.05, 3.63) is 65.7 Å². The first-order chi connectivity index (χ1) is 11.8. The van der Waals surface area contributed by atoms with Crippen molar-refractivity contribution in [2.75, 3.05) is 44.7 Å². The maximum atomic E-state index is 12.9. The molecule has 1 aliphatic rings.